The molecule has 2 rings (SSSR count). The van der Waals surface area contributed by atoms with Gasteiger partial charge in [0, 0.05) is 18.3 Å². The van der Waals surface area contributed by atoms with Crippen LogP contribution in [0.4, 0.5) is 0 Å². The topological polar surface area (TPSA) is 82.1 Å². The molecule has 1 aliphatic heterocycles. The summed E-state index contributed by atoms with van der Waals surface area (Å²) in [5.74, 6) is -0.445. The Bertz CT molecular complexity index is 732. The SMILES string of the molecule is COC1=C(OC)[C@H](O)[C@H](C/C=C(\C)CC/C=C(\C)CC2C[C@H](C)C(=O)O2)[C@@H](C)C1=O. The first kappa shape index (κ1) is 24.2. The summed E-state index contributed by atoms with van der Waals surface area (Å²) in [5.41, 5.74) is 2.45. The number of methoxy groups -OCH3 is 2. The summed E-state index contributed by atoms with van der Waals surface area (Å²) >= 11 is 0. The van der Waals surface area contributed by atoms with E-state index in [-0.39, 0.29) is 47.1 Å². The van der Waals surface area contributed by atoms with Gasteiger partial charge in [-0.25, -0.2) is 0 Å². The number of carbonyl (C=O) groups is 2. The molecule has 0 radical (unpaired) electrons. The highest BCUT2D eigenvalue weighted by Gasteiger charge is 2.42. The van der Waals surface area contributed by atoms with Gasteiger partial charge in [0.2, 0.25) is 11.5 Å². The quantitative estimate of drug-likeness (QED) is 0.447. The second kappa shape index (κ2) is 10.8. The monoisotopic (exact) mass is 420 g/mol. The number of Topliss-reactive ketones (excluding diaryl/α,β-unsaturated/α-hetero) is 1. The van der Waals surface area contributed by atoms with Crippen molar-refractivity contribution in [2.24, 2.45) is 17.8 Å². The van der Waals surface area contributed by atoms with E-state index in [9.17, 15) is 14.7 Å². The van der Waals surface area contributed by atoms with E-state index in [1.54, 1.807) is 0 Å². The highest BCUT2D eigenvalue weighted by atomic mass is 16.6. The third kappa shape index (κ3) is 5.75. The molecule has 1 N–H and O–H groups in total. The number of allylic oxidation sites excluding steroid dienone is 4. The largest absolute Gasteiger partial charge is 0.494 e. The van der Waals surface area contributed by atoms with Gasteiger partial charge >= 0.3 is 5.97 Å². The fourth-order valence-electron chi connectivity index (χ4n) is 4.24. The van der Waals surface area contributed by atoms with Gasteiger partial charge in [0.15, 0.2) is 5.76 Å². The van der Waals surface area contributed by atoms with Crippen LogP contribution in [0.15, 0.2) is 34.8 Å². The van der Waals surface area contributed by atoms with Crippen LogP contribution in [-0.2, 0) is 23.8 Å². The molecule has 1 saturated heterocycles. The molecule has 2 aliphatic rings. The van der Waals surface area contributed by atoms with Crippen molar-refractivity contribution >= 4 is 11.8 Å². The summed E-state index contributed by atoms with van der Waals surface area (Å²) in [6, 6.07) is 0. The lowest BCUT2D eigenvalue weighted by Crippen LogP contribution is -2.40. The maximum Gasteiger partial charge on any atom is 0.309 e. The van der Waals surface area contributed by atoms with Gasteiger partial charge in [0.25, 0.3) is 0 Å². The average molecular weight is 421 g/mol. The Morgan fingerprint density at radius 1 is 1.13 bits per heavy atom. The standard InChI is InChI=1S/C24H36O6/c1-14(8-7-9-15(2)12-18-13-16(3)24(27)30-18)10-11-19-17(4)20(25)22(28-5)23(29-6)21(19)26/h9-10,16-19,21,26H,7-8,11-13H2,1-6H3/b14-10+,15-9+/t16-,17+,18?,19+,21+/m0/s1. The maximum absolute atomic E-state index is 12.5. The van der Waals surface area contributed by atoms with Crippen LogP contribution in [0.25, 0.3) is 0 Å². The van der Waals surface area contributed by atoms with Gasteiger partial charge in [-0.3, -0.25) is 9.59 Å². The van der Waals surface area contributed by atoms with Crippen LogP contribution in [0.2, 0.25) is 0 Å². The molecule has 0 aromatic rings. The highest BCUT2D eigenvalue weighted by molar-refractivity contribution is 5.97. The fourth-order valence-corrected chi connectivity index (χ4v) is 4.24. The van der Waals surface area contributed by atoms with E-state index in [0.29, 0.717) is 6.42 Å². The van der Waals surface area contributed by atoms with Gasteiger partial charge in [0.05, 0.1) is 20.1 Å². The number of rotatable bonds is 9. The highest BCUT2D eigenvalue weighted by Crippen LogP contribution is 2.35. The number of cyclic esters (lactones) is 1. The number of carbonyl (C=O) groups excluding carboxylic acids is 2. The predicted molar refractivity (Wildman–Crippen MR) is 114 cm³/mol. The molecular weight excluding hydrogens is 384 g/mol. The number of aliphatic hydroxyl groups excluding tert-OH is 1. The third-order valence-electron chi connectivity index (χ3n) is 6.22. The molecule has 0 amide bonds. The van der Waals surface area contributed by atoms with Crippen molar-refractivity contribution in [2.75, 3.05) is 14.2 Å². The number of aliphatic hydroxyl groups is 1. The third-order valence-corrected chi connectivity index (χ3v) is 6.22. The summed E-state index contributed by atoms with van der Waals surface area (Å²) in [7, 11) is 2.86. The Labute approximate surface area is 180 Å². The number of hydrogen-bond donors (Lipinski definition) is 1. The molecule has 1 heterocycles. The van der Waals surface area contributed by atoms with Crippen molar-refractivity contribution in [3.05, 3.63) is 34.8 Å². The van der Waals surface area contributed by atoms with Gasteiger partial charge in [0.1, 0.15) is 12.2 Å². The fraction of sp³-hybridized carbons (Fsp3) is 0.667. The van der Waals surface area contributed by atoms with E-state index in [4.69, 9.17) is 14.2 Å². The van der Waals surface area contributed by atoms with Crippen molar-refractivity contribution in [2.45, 2.75) is 72.0 Å². The molecule has 0 aromatic carbocycles. The molecule has 0 spiro atoms. The van der Waals surface area contributed by atoms with Crippen molar-refractivity contribution in [1.82, 2.24) is 0 Å². The molecule has 6 nitrogen and oxygen atoms in total. The minimum Gasteiger partial charge on any atom is -0.494 e. The van der Waals surface area contributed by atoms with E-state index in [2.05, 4.69) is 26.0 Å². The average Bonchev–Trinajstić information content (AvgIpc) is 3.01. The van der Waals surface area contributed by atoms with Crippen LogP contribution in [0.3, 0.4) is 0 Å². The van der Waals surface area contributed by atoms with E-state index in [1.165, 1.54) is 25.4 Å². The van der Waals surface area contributed by atoms with Crippen LogP contribution in [-0.4, -0.2) is 43.3 Å². The van der Waals surface area contributed by atoms with Gasteiger partial charge in [-0.2, -0.15) is 0 Å². The predicted octanol–water partition coefficient (Wildman–Crippen LogP) is 4.09. The van der Waals surface area contributed by atoms with Crippen LogP contribution in [0, 0.1) is 17.8 Å². The molecular formula is C24H36O6. The van der Waals surface area contributed by atoms with Gasteiger partial charge < -0.3 is 19.3 Å². The smallest absolute Gasteiger partial charge is 0.309 e. The summed E-state index contributed by atoms with van der Waals surface area (Å²) < 4.78 is 15.8. The molecule has 30 heavy (non-hydrogen) atoms. The molecule has 0 bridgehead atoms. The van der Waals surface area contributed by atoms with Crippen LogP contribution in [0.5, 0.6) is 0 Å². The summed E-state index contributed by atoms with van der Waals surface area (Å²) in [6.07, 6.45) is 7.45. The van der Waals surface area contributed by atoms with Crippen molar-refractivity contribution < 1.29 is 28.9 Å². The van der Waals surface area contributed by atoms with Crippen molar-refractivity contribution in [3.8, 4) is 0 Å². The lowest BCUT2D eigenvalue weighted by molar-refractivity contribution is -0.143. The van der Waals surface area contributed by atoms with Crippen molar-refractivity contribution in [1.29, 1.82) is 0 Å². The maximum atomic E-state index is 12.5. The van der Waals surface area contributed by atoms with Crippen LogP contribution in [0.1, 0.15) is 59.8 Å². The van der Waals surface area contributed by atoms with Gasteiger partial charge in [-0.1, -0.05) is 37.1 Å². The van der Waals surface area contributed by atoms with Crippen LogP contribution < -0.4 is 0 Å². The molecule has 1 aliphatic carbocycles. The Morgan fingerprint density at radius 2 is 1.83 bits per heavy atom. The van der Waals surface area contributed by atoms with Gasteiger partial charge in [-0.15, -0.1) is 0 Å². The summed E-state index contributed by atoms with van der Waals surface area (Å²) in [6.45, 7) is 7.88. The molecule has 0 saturated carbocycles. The second-order valence-corrected chi connectivity index (χ2v) is 8.64. The van der Waals surface area contributed by atoms with E-state index < -0.39 is 6.10 Å². The van der Waals surface area contributed by atoms with E-state index in [1.807, 2.05) is 13.8 Å². The minimum atomic E-state index is -0.861. The first-order chi connectivity index (χ1) is 14.2. The van der Waals surface area contributed by atoms with Gasteiger partial charge in [-0.05, 0) is 39.5 Å². The first-order valence-electron chi connectivity index (χ1n) is 10.8. The molecule has 1 fully saturated rings. The Morgan fingerprint density at radius 3 is 2.40 bits per heavy atom. The molecule has 168 valence electrons. The normalized spacial score (nSPS) is 30.6. The van der Waals surface area contributed by atoms with Crippen LogP contribution >= 0.6 is 0 Å². The van der Waals surface area contributed by atoms with Crippen molar-refractivity contribution in [3.63, 3.8) is 0 Å². The Balaban J connectivity index is 1.88. The number of hydrogen-bond acceptors (Lipinski definition) is 6. The molecule has 5 atom stereocenters. The molecule has 0 aromatic heterocycles. The lowest BCUT2D eigenvalue weighted by Gasteiger charge is -2.33. The number of ketones is 1. The molecule has 1 unspecified atom stereocenters. The summed E-state index contributed by atoms with van der Waals surface area (Å²) in [4.78, 5) is 24.0. The Hall–Kier alpha value is -2.08. The minimum absolute atomic E-state index is 0.00539. The molecule has 6 heteroatoms. The second-order valence-electron chi connectivity index (χ2n) is 8.64. The number of ether oxygens (including phenoxy) is 3. The van der Waals surface area contributed by atoms with E-state index in [0.717, 1.165) is 25.7 Å². The zero-order valence-corrected chi connectivity index (χ0v) is 19.1. The first-order valence-corrected chi connectivity index (χ1v) is 10.8. The van der Waals surface area contributed by atoms with E-state index >= 15 is 0 Å². The zero-order chi connectivity index (χ0) is 22.4. The Kier molecular flexibility index (Phi) is 8.71. The number of esters is 1. The lowest BCUT2D eigenvalue weighted by atomic mass is 9.77. The summed E-state index contributed by atoms with van der Waals surface area (Å²) in [5, 5.41) is 10.7. The zero-order valence-electron chi connectivity index (χ0n) is 19.1.